The Hall–Kier alpha value is -1.94. The summed E-state index contributed by atoms with van der Waals surface area (Å²) in [5, 5.41) is 9.40. The molecule has 1 aromatic heterocycles. The maximum atomic E-state index is 13.1. The van der Waals surface area contributed by atoms with Crippen LogP contribution in [-0.4, -0.2) is 17.1 Å². The van der Waals surface area contributed by atoms with E-state index in [4.69, 9.17) is 0 Å². The first-order valence-electron chi connectivity index (χ1n) is 5.71. The molecule has 1 aromatic carbocycles. The highest BCUT2D eigenvalue weighted by molar-refractivity contribution is 5.58. The number of anilines is 2. The van der Waals surface area contributed by atoms with Crippen LogP contribution in [0.2, 0.25) is 0 Å². The van der Waals surface area contributed by atoms with E-state index in [1.54, 1.807) is 30.2 Å². The Kier molecular flexibility index (Phi) is 3.58. The third-order valence-electron chi connectivity index (χ3n) is 2.79. The Labute approximate surface area is 106 Å². The van der Waals surface area contributed by atoms with E-state index in [-0.39, 0.29) is 5.82 Å². The SMILES string of the molecule is C[C@@H](O)c1ccc(N(C)c2cccc(F)c2)nc1. The van der Waals surface area contributed by atoms with E-state index < -0.39 is 6.10 Å². The summed E-state index contributed by atoms with van der Waals surface area (Å²) in [6, 6.07) is 9.93. The first kappa shape index (κ1) is 12.5. The second kappa shape index (κ2) is 5.14. The van der Waals surface area contributed by atoms with Crippen molar-refractivity contribution in [1.29, 1.82) is 0 Å². The van der Waals surface area contributed by atoms with Crippen molar-refractivity contribution in [3.8, 4) is 0 Å². The number of aromatic nitrogens is 1. The van der Waals surface area contributed by atoms with E-state index in [0.29, 0.717) is 5.82 Å². The van der Waals surface area contributed by atoms with Crippen molar-refractivity contribution >= 4 is 11.5 Å². The molecule has 1 heterocycles. The summed E-state index contributed by atoms with van der Waals surface area (Å²) in [6.07, 6.45) is 1.08. The zero-order valence-electron chi connectivity index (χ0n) is 10.3. The summed E-state index contributed by atoms with van der Waals surface area (Å²) in [5.74, 6) is 0.421. The number of hydrogen-bond donors (Lipinski definition) is 1. The monoisotopic (exact) mass is 246 g/mol. The molecule has 4 heteroatoms. The second-order valence-electron chi connectivity index (χ2n) is 4.16. The molecule has 2 aromatic rings. The predicted molar refractivity (Wildman–Crippen MR) is 69.3 cm³/mol. The molecule has 2 rings (SSSR count). The summed E-state index contributed by atoms with van der Waals surface area (Å²) in [6.45, 7) is 1.69. The summed E-state index contributed by atoms with van der Waals surface area (Å²) in [4.78, 5) is 6.04. The Morgan fingerprint density at radius 2 is 2.06 bits per heavy atom. The van der Waals surface area contributed by atoms with Crippen LogP contribution >= 0.6 is 0 Å². The molecule has 18 heavy (non-hydrogen) atoms. The lowest BCUT2D eigenvalue weighted by molar-refractivity contribution is 0.199. The van der Waals surface area contributed by atoms with Crippen LogP contribution in [0.25, 0.3) is 0 Å². The van der Waals surface area contributed by atoms with Gasteiger partial charge < -0.3 is 10.0 Å². The van der Waals surface area contributed by atoms with Gasteiger partial charge in [-0.3, -0.25) is 0 Å². The van der Waals surface area contributed by atoms with Crippen molar-refractivity contribution in [2.24, 2.45) is 0 Å². The van der Waals surface area contributed by atoms with Crippen LogP contribution in [0, 0.1) is 5.82 Å². The zero-order valence-corrected chi connectivity index (χ0v) is 10.3. The molecule has 0 aliphatic carbocycles. The smallest absolute Gasteiger partial charge is 0.132 e. The molecule has 0 aliphatic rings. The summed E-state index contributed by atoms with van der Waals surface area (Å²) < 4.78 is 13.1. The van der Waals surface area contributed by atoms with Crippen molar-refractivity contribution in [3.05, 3.63) is 54.0 Å². The molecule has 3 nitrogen and oxygen atoms in total. The maximum absolute atomic E-state index is 13.1. The number of nitrogens with zero attached hydrogens (tertiary/aromatic N) is 2. The number of halogens is 1. The lowest BCUT2D eigenvalue weighted by atomic mass is 10.2. The number of pyridine rings is 1. The van der Waals surface area contributed by atoms with Gasteiger partial charge in [0.05, 0.1) is 6.10 Å². The van der Waals surface area contributed by atoms with E-state index in [2.05, 4.69) is 4.98 Å². The van der Waals surface area contributed by atoms with Crippen molar-refractivity contribution in [3.63, 3.8) is 0 Å². The number of aliphatic hydroxyl groups excluding tert-OH is 1. The van der Waals surface area contributed by atoms with Crippen LogP contribution in [0.3, 0.4) is 0 Å². The van der Waals surface area contributed by atoms with Gasteiger partial charge >= 0.3 is 0 Å². The average molecular weight is 246 g/mol. The molecule has 1 atom stereocenters. The van der Waals surface area contributed by atoms with Crippen LogP contribution in [-0.2, 0) is 0 Å². The van der Waals surface area contributed by atoms with Gasteiger partial charge in [0, 0.05) is 18.9 Å². The van der Waals surface area contributed by atoms with Crippen LogP contribution in [0.4, 0.5) is 15.9 Å². The Bertz CT molecular complexity index is 526. The van der Waals surface area contributed by atoms with Gasteiger partial charge in [-0.25, -0.2) is 9.37 Å². The number of benzene rings is 1. The standard InChI is InChI=1S/C14H15FN2O/c1-10(18)11-6-7-14(16-9-11)17(2)13-5-3-4-12(15)8-13/h3-10,18H,1-2H3/t10-/m1/s1. The summed E-state index contributed by atoms with van der Waals surface area (Å²) >= 11 is 0. The topological polar surface area (TPSA) is 36.4 Å². The molecular formula is C14H15FN2O. The van der Waals surface area contributed by atoms with Gasteiger partial charge in [0.15, 0.2) is 0 Å². The highest BCUT2D eigenvalue weighted by Gasteiger charge is 2.07. The Morgan fingerprint density at radius 1 is 1.28 bits per heavy atom. The van der Waals surface area contributed by atoms with Gasteiger partial charge in [0.1, 0.15) is 11.6 Å². The molecule has 0 radical (unpaired) electrons. The lowest BCUT2D eigenvalue weighted by Crippen LogP contribution is -2.11. The minimum atomic E-state index is -0.536. The van der Waals surface area contributed by atoms with Gasteiger partial charge in [-0.05, 0) is 36.8 Å². The van der Waals surface area contributed by atoms with E-state index in [1.165, 1.54) is 12.1 Å². The maximum Gasteiger partial charge on any atom is 0.132 e. The molecule has 1 N–H and O–H groups in total. The predicted octanol–water partition coefficient (Wildman–Crippen LogP) is 3.04. The highest BCUT2D eigenvalue weighted by Crippen LogP contribution is 2.23. The molecule has 0 saturated carbocycles. The molecule has 0 fully saturated rings. The third kappa shape index (κ3) is 2.65. The number of hydrogen-bond acceptors (Lipinski definition) is 3. The minimum absolute atomic E-state index is 0.278. The molecule has 0 bridgehead atoms. The van der Waals surface area contributed by atoms with Crippen molar-refractivity contribution < 1.29 is 9.50 Å². The van der Waals surface area contributed by atoms with Crippen LogP contribution < -0.4 is 4.90 Å². The van der Waals surface area contributed by atoms with Gasteiger partial charge in [-0.2, -0.15) is 0 Å². The van der Waals surface area contributed by atoms with Gasteiger partial charge in [-0.15, -0.1) is 0 Å². The van der Waals surface area contributed by atoms with E-state index in [9.17, 15) is 9.50 Å². The molecule has 0 unspecified atom stereocenters. The molecule has 0 spiro atoms. The molecule has 0 aliphatic heterocycles. The van der Waals surface area contributed by atoms with Gasteiger partial charge in [0.2, 0.25) is 0 Å². The molecular weight excluding hydrogens is 231 g/mol. The zero-order chi connectivity index (χ0) is 13.1. The van der Waals surface area contributed by atoms with Crippen LogP contribution in [0.1, 0.15) is 18.6 Å². The van der Waals surface area contributed by atoms with E-state index in [1.807, 2.05) is 19.2 Å². The largest absolute Gasteiger partial charge is 0.389 e. The minimum Gasteiger partial charge on any atom is -0.389 e. The summed E-state index contributed by atoms with van der Waals surface area (Å²) in [5.41, 5.74) is 1.48. The molecule has 0 amide bonds. The normalized spacial score (nSPS) is 12.2. The van der Waals surface area contributed by atoms with E-state index >= 15 is 0 Å². The lowest BCUT2D eigenvalue weighted by Gasteiger charge is -2.18. The highest BCUT2D eigenvalue weighted by atomic mass is 19.1. The van der Waals surface area contributed by atoms with Crippen molar-refractivity contribution in [2.45, 2.75) is 13.0 Å². The quantitative estimate of drug-likeness (QED) is 0.904. The fourth-order valence-electron chi connectivity index (χ4n) is 1.66. The first-order valence-corrected chi connectivity index (χ1v) is 5.71. The Morgan fingerprint density at radius 3 is 2.61 bits per heavy atom. The Balaban J connectivity index is 2.26. The third-order valence-corrected chi connectivity index (χ3v) is 2.79. The van der Waals surface area contributed by atoms with Crippen molar-refractivity contribution in [2.75, 3.05) is 11.9 Å². The fraction of sp³-hybridized carbons (Fsp3) is 0.214. The second-order valence-corrected chi connectivity index (χ2v) is 4.16. The van der Waals surface area contributed by atoms with Crippen molar-refractivity contribution in [1.82, 2.24) is 4.98 Å². The van der Waals surface area contributed by atoms with Crippen LogP contribution in [0.15, 0.2) is 42.6 Å². The molecule has 94 valence electrons. The average Bonchev–Trinajstić information content (AvgIpc) is 2.38. The van der Waals surface area contributed by atoms with Gasteiger partial charge in [0.25, 0.3) is 0 Å². The fourth-order valence-corrected chi connectivity index (χ4v) is 1.66. The number of aliphatic hydroxyl groups is 1. The molecule has 0 saturated heterocycles. The van der Waals surface area contributed by atoms with Gasteiger partial charge in [-0.1, -0.05) is 12.1 Å². The van der Waals surface area contributed by atoms with Crippen LogP contribution in [0.5, 0.6) is 0 Å². The summed E-state index contributed by atoms with van der Waals surface area (Å²) in [7, 11) is 1.82. The van der Waals surface area contributed by atoms with E-state index in [0.717, 1.165) is 11.3 Å². The number of rotatable bonds is 3. The first-order chi connectivity index (χ1) is 8.58.